The molecule has 0 saturated carbocycles. The van der Waals surface area contributed by atoms with Crippen molar-refractivity contribution in [2.75, 3.05) is 6.61 Å². The Morgan fingerprint density at radius 3 is 2.74 bits per heavy atom. The molecule has 6 heteroatoms. The van der Waals surface area contributed by atoms with Crippen molar-refractivity contribution in [2.45, 2.75) is 19.8 Å². The Labute approximate surface area is 155 Å². The topological polar surface area (TPSA) is 85.2 Å². The van der Waals surface area contributed by atoms with Crippen molar-refractivity contribution in [3.8, 4) is 0 Å². The van der Waals surface area contributed by atoms with E-state index in [0.717, 1.165) is 22.1 Å². The van der Waals surface area contributed by atoms with Gasteiger partial charge in [0.05, 0.1) is 6.42 Å². The van der Waals surface area contributed by atoms with Crippen molar-refractivity contribution < 1.29 is 18.7 Å². The average Bonchev–Trinajstić information content (AvgIpc) is 3.23. The molecule has 0 aliphatic carbocycles. The van der Waals surface area contributed by atoms with Crippen molar-refractivity contribution in [1.82, 2.24) is 9.97 Å². The maximum absolute atomic E-state index is 12.5. The zero-order valence-electron chi connectivity index (χ0n) is 14.8. The minimum absolute atomic E-state index is 0.104. The second kappa shape index (κ2) is 7.07. The molecule has 6 nitrogen and oxygen atoms in total. The number of benzene rings is 2. The summed E-state index contributed by atoms with van der Waals surface area (Å²) in [5.74, 6) is -0.199. The lowest BCUT2D eigenvalue weighted by Crippen LogP contribution is -2.15. The number of aromatic nitrogens is 2. The largest absolute Gasteiger partial charge is 0.457 e. The monoisotopic (exact) mass is 362 g/mol. The van der Waals surface area contributed by atoms with Gasteiger partial charge in [-0.05, 0) is 25.1 Å². The van der Waals surface area contributed by atoms with Gasteiger partial charge in [0.2, 0.25) is 5.78 Å². The minimum Gasteiger partial charge on any atom is -0.457 e. The number of fused-ring (bicyclic) bond motifs is 2. The number of rotatable bonds is 6. The van der Waals surface area contributed by atoms with Gasteiger partial charge in [0.1, 0.15) is 5.52 Å². The molecule has 27 heavy (non-hydrogen) atoms. The van der Waals surface area contributed by atoms with Crippen LogP contribution in [0.4, 0.5) is 0 Å². The van der Waals surface area contributed by atoms with Crippen molar-refractivity contribution >= 4 is 33.8 Å². The molecule has 4 aromatic rings. The van der Waals surface area contributed by atoms with E-state index < -0.39 is 5.97 Å². The van der Waals surface area contributed by atoms with Gasteiger partial charge in [0, 0.05) is 28.6 Å². The summed E-state index contributed by atoms with van der Waals surface area (Å²) in [5, 5.41) is 0.836. The fourth-order valence-corrected chi connectivity index (χ4v) is 3.16. The Balaban J connectivity index is 1.36. The summed E-state index contributed by atoms with van der Waals surface area (Å²) < 4.78 is 10.7. The molecule has 4 rings (SSSR count). The van der Waals surface area contributed by atoms with Crippen LogP contribution in [0.2, 0.25) is 0 Å². The van der Waals surface area contributed by atoms with Crippen LogP contribution in [0.1, 0.15) is 28.4 Å². The molecule has 1 N–H and O–H groups in total. The Morgan fingerprint density at radius 2 is 1.89 bits per heavy atom. The van der Waals surface area contributed by atoms with Crippen LogP contribution in [0.5, 0.6) is 0 Å². The maximum atomic E-state index is 12.5. The fraction of sp³-hybridized carbons (Fsp3) is 0.190. The number of aryl methyl sites for hydroxylation is 2. The van der Waals surface area contributed by atoms with E-state index in [2.05, 4.69) is 9.97 Å². The smallest absolute Gasteiger partial charge is 0.306 e. The summed E-state index contributed by atoms with van der Waals surface area (Å²) in [6.07, 6.45) is 0.431. The molecule has 0 amide bonds. The lowest BCUT2D eigenvalue weighted by atomic mass is 10.1. The Morgan fingerprint density at radius 1 is 1.11 bits per heavy atom. The van der Waals surface area contributed by atoms with Gasteiger partial charge in [-0.2, -0.15) is 0 Å². The molecular formula is C21H18N2O4. The SMILES string of the molecule is Cc1[nH]c2ccccc2c1C(=O)COC(=O)CCc1nc2ccccc2o1. The first-order valence-corrected chi connectivity index (χ1v) is 8.72. The lowest BCUT2D eigenvalue weighted by Gasteiger charge is -2.04. The average molecular weight is 362 g/mol. The van der Waals surface area contributed by atoms with Gasteiger partial charge in [-0.1, -0.05) is 30.3 Å². The summed E-state index contributed by atoms with van der Waals surface area (Å²) in [5.41, 5.74) is 3.67. The van der Waals surface area contributed by atoms with Crippen LogP contribution in [0.25, 0.3) is 22.0 Å². The number of nitrogens with one attached hydrogen (secondary N) is 1. The summed E-state index contributed by atoms with van der Waals surface area (Å²) in [6.45, 7) is 1.55. The highest BCUT2D eigenvalue weighted by Crippen LogP contribution is 2.22. The highest BCUT2D eigenvalue weighted by atomic mass is 16.5. The quantitative estimate of drug-likeness (QED) is 0.414. The fourth-order valence-electron chi connectivity index (χ4n) is 3.16. The predicted octanol–water partition coefficient (Wildman–Crippen LogP) is 3.98. The molecule has 0 radical (unpaired) electrons. The van der Waals surface area contributed by atoms with Crippen LogP contribution in [0.3, 0.4) is 0 Å². The first kappa shape index (κ1) is 17.0. The molecule has 0 spiro atoms. The van der Waals surface area contributed by atoms with Crippen molar-refractivity contribution in [3.05, 3.63) is 65.7 Å². The lowest BCUT2D eigenvalue weighted by molar-refractivity contribution is -0.142. The van der Waals surface area contributed by atoms with Gasteiger partial charge in [-0.25, -0.2) is 4.98 Å². The number of ketones is 1. The molecule has 2 aromatic carbocycles. The summed E-state index contributed by atoms with van der Waals surface area (Å²) >= 11 is 0. The number of hydrogen-bond donors (Lipinski definition) is 1. The Kier molecular flexibility index (Phi) is 4.46. The second-order valence-electron chi connectivity index (χ2n) is 6.33. The molecule has 2 aromatic heterocycles. The van der Waals surface area contributed by atoms with Crippen LogP contribution in [-0.2, 0) is 16.0 Å². The molecular weight excluding hydrogens is 344 g/mol. The third-order valence-electron chi connectivity index (χ3n) is 4.42. The van der Waals surface area contributed by atoms with Crippen LogP contribution >= 0.6 is 0 Å². The van der Waals surface area contributed by atoms with Crippen LogP contribution < -0.4 is 0 Å². The number of hydrogen-bond acceptors (Lipinski definition) is 5. The molecule has 0 atom stereocenters. The zero-order valence-corrected chi connectivity index (χ0v) is 14.8. The summed E-state index contributed by atoms with van der Waals surface area (Å²) in [7, 11) is 0. The first-order valence-electron chi connectivity index (χ1n) is 8.72. The molecule has 0 aliphatic heterocycles. The molecule has 0 fully saturated rings. The molecule has 0 aliphatic rings. The van der Waals surface area contributed by atoms with Gasteiger partial charge in [-0.15, -0.1) is 0 Å². The Bertz CT molecular complexity index is 1110. The second-order valence-corrected chi connectivity index (χ2v) is 6.33. The highest BCUT2D eigenvalue weighted by Gasteiger charge is 2.18. The number of carbonyl (C=O) groups excluding carboxylic acids is 2. The van der Waals surface area contributed by atoms with E-state index >= 15 is 0 Å². The van der Waals surface area contributed by atoms with Gasteiger partial charge < -0.3 is 14.1 Å². The normalized spacial score (nSPS) is 11.1. The van der Waals surface area contributed by atoms with Crippen molar-refractivity contribution in [1.29, 1.82) is 0 Å². The number of H-pyrrole nitrogens is 1. The number of Topliss-reactive ketones (excluding diaryl/α,β-unsaturated/α-hetero) is 1. The first-order chi connectivity index (χ1) is 13.1. The molecule has 0 unspecified atom stereocenters. The van der Waals surface area contributed by atoms with Gasteiger partial charge in [-0.3, -0.25) is 9.59 Å². The van der Waals surface area contributed by atoms with E-state index in [1.165, 1.54) is 0 Å². The van der Waals surface area contributed by atoms with E-state index in [4.69, 9.17) is 9.15 Å². The number of oxazole rings is 1. The predicted molar refractivity (Wildman–Crippen MR) is 101 cm³/mol. The number of aromatic amines is 1. The van der Waals surface area contributed by atoms with Gasteiger partial charge >= 0.3 is 5.97 Å². The van der Waals surface area contributed by atoms with E-state index in [0.29, 0.717) is 23.5 Å². The Hall–Kier alpha value is -3.41. The van der Waals surface area contributed by atoms with Crippen LogP contribution in [-0.4, -0.2) is 28.3 Å². The van der Waals surface area contributed by atoms with E-state index in [1.807, 2.05) is 55.5 Å². The standard InChI is InChI=1S/C21H18N2O4/c1-13-21(14-6-2-3-7-15(14)22-13)17(24)12-26-20(25)11-10-19-23-16-8-4-5-9-18(16)27-19/h2-9,22H,10-12H2,1H3. The number of para-hydroxylation sites is 3. The number of esters is 1. The third-order valence-corrected chi connectivity index (χ3v) is 4.42. The third kappa shape index (κ3) is 3.46. The van der Waals surface area contributed by atoms with Crippen molar-refractivity contribution in [2.24, 2.45) is 0 Å². The molecule has 0 saturated heterocycles. The number of carbonyl (C=O) groups is 2. The maximum Gasteiger partial charge on any atom is 0.306 e. The molecule has 0 bridgehead atoms. The van der Waals surface area contributed by atoms with E-state index in [1.54, 1.807) is 0 Å². The van der Waals surface area contributed by atoms with Crippen LogP contribution in [0, 0.1) is 6.92 Å². The van der Waals surface area contributed by atoms with E-state index in [9.17, 15) is 9.59 Å². The molecule has 2 heterocycles. The summed E-state index contributed by atoms with van der Waals surface area (Å²) in [4.78, 5) is 32.0. The summed E-state index contributed by atoms with van der Waals surface area (Å²) in [6, 6.07) is 15.0. The van der Waals surface area contributed by atoms with Crippen molar-refractivity contribution in [3.63, 3.8) is 0 Å². The number of ether oxygens (including phenoxy) is 1. The minimum atomic E-state index is -0.455. The number of nitrogens with zero attached hydrogens (tertiary/aromatic N) is 1. The van der Waals surface area contributed by atoms with Gasteiger partial charge in [0.25, 0.3) is 0 Å². The van der Waals surface area contributed by atoms with Gasteiger partial charge in [0.15, 0.2) is 18.1 Å². The van der Waals surface area contributed by atoms with E-state index in [-0.39, 0.29) is 18.8 Å². The molecule has 136 valence electrons. The zero-order chi connectivity index (χ0) is 18.8. The highest BCUT2D eigenvalue weighted by molar-refractivity contribution is 6.10. The van der Waals surface area contributed by atoms with Crippen LogP contribution in [0.15, 0.2) is 52.9 Å².